The summed E-state index contributed by atoms with van der Waals surface area (Å²) in [6.45, 7) is 1.80. The van der Waals surface area contributed by atoms with Crippen LogP contribution in [-0.2, 0) is 14.9 Å². The van der Waals surface area contributed by atoms with Crippen molar-refractivity contribution < 1.29 is 13.2 Å². The number of ether oxygens (including phenoxy) is 1. The third-order valence-corrected chi connectivity index (χ3v) is 5.08. The van der Waals surface area contributed by atoms with E-state index in [4.69, 9.17) is 10.5 Å². The zero-order valence-electron chi connectivity index (χ0n) is 9.97. The third kappa shape index (κ3) is 3.38. The molecule has 0 aromatic heterocycles. The first-order chi connectivity index (χ1) is 8.09. The quantitative estimate of drug-likeness (QED) is 0.713. The van der Waals surface area contributed by atoms with Crippen molar-refractivity contribution in [2.24, 2.45) is 5.73 Å². The fourth-order valence-electron chi connectivity index (χ4n) is 2.36. The summed E-state index contributed by atoms with van der Waals surface area (Å²) in [5.41, 5.74) is 5.95. The maximum Gasteiger partial charge on any atom is 0.279 e. The second-order valence-electron chi connectivity index (χ2n) is 4.69. The first-order valence-electron chi connectivity index (χ1n) is 6.20. The summed E-state index contributed by atoms with van der Waals surface area (Å²) in [5.74, 6) is 0. The summed E-state index contributed by atoms with van der Waals surface area (Å²) >= 11 is 0. The van der Waals surface area contributed by atoms with Crippen molar-refractivity contribution in [1.29, 1.82) is 0 Å². The molecule has 0 radical (unpaired) electrons. The minimum Gasteiger partial charge on any atom is -0.379 e. The number of hydrogen-bond acceptors (Lipinski definition) is 4. The molecule has 0 amide bonds. The molecule has 1 aliphatic carbocycles. The lowest BCUT2D eigenvalue weighted by Crippen LogP contribution is -2.55. The molecule has 7 heteroatoms. The van der Waals surface area contributed by atoms with Crippen molar-refractivity contribution in [3.8, 4) is 0 Å². The lowest BCUT2D eigenvalue weighted by molar-refractivity contribution is 0.0721. The molecule has 1 aliphatic heterocycles. The highest BCUT2D eigenvalue weighted by Crippen LogP contribution is 2.18. The number of hydrogen-bond donors (Lipinski definition) is 2. The van der Waals surface area contributed by atoms with E-state index in [1.54, 1.807) is 0 Å². The van der Waals surface area contributed by atoms with Gasteiger partial charge in [0.2, 0.25) is 0 Å². The third-order valence-electron chi connectivity index (χ3n) is 3.43. The summed E-state index contributed by atoms with van der Waals surface area (Å²) in [7, 11) is -3.39. The second kappa shape index (κ2) is 5.62. The van der Waals surface area contributed by atoms with E-state index in [1.165, 1.54) is 4.31 Å². The number of nitrogens with zero attached hydrogens (tertiary/aromatic N) is 1. The molecule has 17 heavy (non-hydrogen) atoms. The maximum atomic E-state index is 12.1. The summed E-state index contributed by atoms with van der Waals surface area (Å²) in [5, 5.41) is 0. The van der Waals surface area contributed by atoms with Gasteiger partial charge in [-0.25, -0.2) is 0 Å². The molecule has 0 aromatic carbocycles. The van der Waals surface area contributed by atoms with Crippen LogP contribution in [0.2, 0.25) is 0 Å². The van der Waals surface area contributed by atoms with Crippen LogP contribution in [0, 0.1) is 0 Å². The van der Waals surface area contributed by atoms with Gasteiger partial charge in [0, 0.05) is 25.2 Å². The van der Waals surface area contributed by atoms with Crippen molar-refractivity contribution in [2.45, 2.75) is 37.8 Å². The normalized spacial score (nSPS) is 32.5. The van der Waals surface area contributed by atoms with Gasteiger partial charge in [-0.05, 0) is 12.8 Å². The SMILES string of the molecule is NC1CCCCC1NS(=O)(=O)N1CCOCC1. The Morgan fingerprint density at radius 2 is 1.82 bits per heavy atom. The predicted molar refractivity (Wildman–Crippen MR) is 64.7 cm³/mol. The first-order valence-corrected chi connectivity index (χ1v) is 7.64. The van der Waals surface area contributed by atoms with E-state index in [9.17, 15) is 8.42 Å². The Hall–Kier alpha value is -0.210. The zero-order valence-corrected chi connectivity index (χ0v) is 10.8. The molecular formula is C10H21N3O3S. The van der Waals surface area contributed by atoms with Crippen molar-refractivity contribution in [2.75, 3.05) is 26.3 Å². The molecule has 2 atom stereocenters. The van der Waals surface area contributed by atoms with Gasteiger partial charge in [0.05, 0.1) is 13.2 Å². The van der Waals surface area contributed by atoms with Crippen molar-refractivity contribution >= 4 is 10.2 Å². The molecule has 0 aromatic rings. The van der Waals surface area contributed by atoms with Gasteiger partial charge in [-0.3, -0.25) is 0 Å². The molecule has 2 unspecified atom stereocenters. The van der Waals surface area contributed by atoms with Gasteiger partial charge in [0.1, 0.15) is 0 Å². The average Bonchev–Trinajstić information content (AvgIpc) is 2.33. The largest absolute Gasteiger partial charge is 0.379 e. The number of morpholine rings is 1. The molecule has 2 rings (SSSR count). The van der Waals surface area contributed by atoms with Crippen LogP contribution in [0.4, 0.5) is 0 Å². The van der Waals surface area contributed by atoms with E-state index in [-0.39, 0.29) is 12.1 Å². The van der Waals surface area contributed by atoms with Crippen LogP contribution in [-0.4, -0.2) is 51.1 Å². The van der Waals surface area contributed by atoms with Gasteiger partial charge >= 0.3 is 0 Å². The van der Waals surface area contributed by atoms with Gasteiger partial charge in [0.25, 0.3) is 10.2 Å². The van der Waals surface area contributed by atoms with E-state index in [1.807, 2.05) is 0 Å². The topological polar surface area (TPSA) is 84.7 Å². The number of rotatable bonds is 3. The predicted octanol–water partition coefficient (Wildman–Crippen LogP) is -0.577. The Labute approximate surface area is 103 Å². The summed E-state index contributed by atoms with van der Waals surface area (Å²) in [6.07, 6.45) is 3.88. The smallest absolute Gasteiger partial charge is 0.279 e. The van der Waals surface area contributed by atoms with Crippen molar-refractivity contribution in [3.63, 3.8) is 0 Å². The summed E-state index contributed by atoms with van der Waals surface area (Å²) < 4.78 is 33.5. The molecule has 1 heterocycles. The maximum absolute atomic E-state index is 12.1. The van der Waals surface area contributed by atoms with Gasteiger partial charge in [-0.2, -0.15) is 17.4 Å². The van der Waals surface area contributed by atoms with Gasteiger partial charge in [0.15, 0.2) is 0 Å². The van der Waals surface area contributed by atoms with Gasteiger partial charge in [-0.15, -0.1) is 0 Å². The fraction of sp³-hybridized carbons (Fsp3) is 1.00. The van der Waals surface area contributed by atoms with Crippen LogP contribution >= 0.6 is 0 Å². The molecule has 2 aliphatic rings. The van der Waals surface area contributed by atoms with Crippen LogP contribution < -0.4 is 10.5 Å². The Kier molecular flexibility index (Phi) is 4.37. The zero-order chi connectivity index (χ0) is 12.3. The Bertz CT molecular complexity index is 341. The average molecular weight is 263 g/mol. The molecule has 6 nitrogen and oxygen atoms in total. The minimum atomic E-state index is -3.39. The Morgan fingerprint density at radius 3 is 2.47 bits per heavy atom. The van der Waals surface area contributed by atoms with Crippen LogP contribution in [0.5, 0.6) is 0 Å². The minimum absolute atomic E-state index is 0.0560. The Morgan fingerprint density at radius 1 is 1.18 bits per heavy atom. The van der Waals surface area contributed by atoms with E-state index < -0.39 is 10.2 Å². The summed E-state index contributed by atoms with van der Waals surface area (Å²) in [4.78, 5) is 0. The van der Waals surface area contributed by atoms with Crippen LogP contribution in [0.15, 0.2) is 0 Å². The van der Waals surface area contributed by atoms with Crippen LogP contribution in [0.25, 0.3) is 0 Å². The highest BCUT2D eigenvalue weighted by atomic mass is 32.2. The number of nitrogens with one attached hydrogen (secondary N) is 1. The first kappa shape index (κ1) is 13.2. The second-order valence-corrected chi connectivity index (χ2v) is 6.39. The van der Waals surface area contributed by atoms with Gasteiger partial charge < -0.3 is 10.5 Å². The van der Waals surface area contributed by atoms with E-state index in [0.717, 1.165) is 25.7 Å². The van der Waals surface area contributed by atoms with E-state index in [2.05, 4.69) is 4.72 Å². The standard InChI is InChI=1S/C10H21N3O3S/c11-9-3-1-2-4-10(9)12-17(14,15)13-5-7-16-8-6-13/h9-10,12H,1-8,11H2. The van der Waals surface area contributed by atoms with E-state index >= 15 is 0 Å². The van der Waals surface area contributed by atoms with Crippen LogP contribution in [0.1, 0.15) is 25.7 Å². The van der Waals surface area contributed by atoms with Gasteiger partial charge in [-0.1, -0.05) is 12.8 Å². The molecule has 0 spiro atoms. The molecule has 2 fully saturated rings. The Balaban J connectivity index is 1.95. The number of nitrogens with two attached hydrogens (primary N) is 1. The molecule has 1 saturated carbocycles. The molecule has 100 valence electrons. The highest BCUT2D eigenvalue weighted by Gasteiger charge is 2.30. The fourth-order valence-corrected chi connectivity index (χ4v) is 3.81. The van der Waals surface area contributed by atoms with Crippen molar-refractivity contribution in [1.82, 2.24) is 9.03 Å². The highest BCUT2D eigenvalue weighted by molar-refractivity contribution is 7.87. The lowest BCUT2D eigenvalue weighted by Gasteiger charge is -2.32. The molecule has 0 bridgehead atoms. The van der Waals surface area contributed by atoms with E-state index in [0.29, 0.717) is 26.3 Å². The van der Waals surface area contributed by atoms with Crippen molar-refractivity contribution in [3.05, 3.63) is 0 Å². The monoisotopic (exact) mass is 263 g/mol. The molecular weight excluding hydrogens is 242 g/mol. The van der Waals surface area contributed by atoms with Crippen LogP contribution in [0.3, 0.4) is 0 Å². The lowest BCUT2D eigenvalue weighted by atomic mass is 9.92. The molecule has 1 saturated heterocycles. The molecule has 3 N–H and O–H groups in total. The summed E-state index contributed by atoms with van der Waals surface area (Å²) in [6, 6.07) is -0.170.